The van der Waals surface area contributed by atoms with Gasteiger partial charge in [-0.05, 0) is 31.2 Å². The molecule has 0 spiro atoms. The monoisotopic (exact) mass is 357 g/mol. The molecule has 0 fully saturated rings. The highest BCUT2D eigenvalue weighted by Crippen LogP contribution is 2.37. The van der Waals surface area contributed by atoms with Crippen molar-refractivity contribution in [1.29, 1.82) is 0 Å². The van der Waals surface area contributed by atoms with Gasteiger partial charge in [0.25, 0.3) is 0 Å². The van der Waals surface area contributed by atoms with Crippen LogP contribution in [0.3, 0.4) is 0 Å². The molecule has 0 radical (unpaired) electrons. The third-order valence-corrected chi connectivity index (χ3v) is 5.49. The highest BCUT2D eigenvalue weighted by molar-refractivity contribution is 7.22. The van der Waals surface area contributed by atoms with Crippen LogP contribution in [0.5, 0.6) is 11.5 Å². The molecule has 0 bridgehead atoms. The second-order valence-corrected chi connectivity index (χ2v) is 7.50. The van der Waals surface area contributed by atoms with Crippen molar-refractivity contribution in [1.82, 2.24) is 9.97 Å². The van der Waals surface area contributed by atoms with Gasteiger partial charge in [0.1, 0.15) is 17.0 Å². The van der Waals surface area contributed by atoms with Gasteiger partial charge < -0.3 is 14.8 Å². The van der Waals surface area contributed by atoms with Crippen molar-refractivity contribution >= 4 is 53.9 Å². The molecule has 0 aliphatic carbocycles. The topological polar surface area (TPSA) is 56.3 Å². The van der Waals surface area contributed by atoms with E-state index in [1.54, 1.807) is 36.9 Å². The number of thiazole rings is 2. The Balaban J connectivity index is 1.72. The Labute approximate surface area is 146 Å². The Morgan fingerprint density at radius 3 is 2.62 bits per heavy atom. The summed E-state index contributed by atoms with van der Waals surface area (Å²) < 4.78 is 12.9. The summed E-state index contributed by atoms with van der Waals surface area (Å²) in [6.45, 7) is 2.02. The maximum absolute atomic E-state index is 5.42. The van der Waals surface area contributed by atoms with E-state index in [0.717, 1.165) is 42.0 Å². The molecule has 0 saturated heterocycles. The van der Waals surface area contributed by atoms with Crippen LogP contribution < -0.4 is 14.8 Å². The molecule has 4 rings (SSSR count). The lowest BCUT2D eigenvalue weighted by Crippen LogP contribution is -1.90. The molecule has 5 nitrogen and oxygen atoms in total. The van der Waals surface area contributed by atoms with Crippen LogP contribution in [0.1, 0.15) is 5.01 Å². The number of aryl methyl sites for hydroxylation is 1. The lowest BCUT2D eigenvalue weighted by Gasteiger charge is -2.03. The fourth-order valence-electron chi connectivity index (χ4n) is 2.54. The van der Waals surface area contributed by atoms with Crippen LogP contribution in [0.25, 0.3) is 20.4 Å². The van der Waals surface area contributed by atoms with Crippen molar-refractivity contribution in [3.63, 3.8) is 0 Å². The maximum atomic E-state index is 5.42. The number of anilines is 2. The normalized spacial score (nSPS) is 11.1. The lowest BCUT2D eigenvalue weighted by atomic mass is 10.3. The number of hydrogen-bond acceptors (Lipinski definition) is 7. The van der Waals surface area contributed by atoms with E-state index in [4.69, 9.17) is 9.47 Å². The molecule has 0 atom stereocenters. The van der Waals surface area contributed by atoms with Crippen LogP contribution >= 0.6 is 22.7 Å². The van der Waals surface area contributed by atoms with E-state index in [9.17, 15) is 0 Å². The highest BCUT2D eigenvalue weighted by Gasteiger charge is 2.12. The minimum atomic E-state index is 0.710. The summed E-state index contributed by atoms with van der Waals surface area (Å²) in [4.78, 5) is 9.14. The molecule has 0 amide bonds. The number of fused-ring (bicyclic) bond motifs is 2. The third kappa shape index (κ3) is 2.65. The largest absolute Gasteiger partial charge is 0.497 e. The second-order valence-electron chi connectivity index (χ2n) is 5.24. The van der Waals surface area contributed by atoms with Gasteiger partial charge in [0.05, 0.1) is 34.1 Å². The zero-order valence-corrected chi connectivity index (χ0v) is 15.0. The van der Waals surface area contributed by atoms with Gasteiger partial charge in [-0.1, -0.05) is 11.3 Å². The molecule has 0 aliphatic heterocycles. The zero-order valence-electron chi connectivity index (χ0n) is 13.4. The van der Waals surface area contributed by atoms with Crippen LogP contribution in [0.2, 0.25) is 0 Å². The molecule has 7 heteroatoms. The van der Waals surface area contributed by atoms with Gasteiger partial charge in [0.2, 0.25) is 0 Å². The Hall–Kier alpha value is -2.38. The van der Waals surface area contributed by atoms with Crippen molar-refractivity contribution in [2.24, 2.45) is 0 Å². The number of nitrogens with one attached hydrogen (secondary N) is 1. The quantitative estimate of drug-likeness (QED) is 0.558. The van der Waals surface area contributed by atoms with Gasteiger partial charge in [0, 0.05) is 11.8 Å². The highest BCUT2D eigenvalue weighted by atomic mass is 32.1. The molecule has 2 aromatic heterocycles. The molecule has 0 saturated carbocycles. The van der Waals surface area contributed by atoms with Crippen molar-refractivity contribution in [2.75, 3.05) is 19.5 Å². The first kappa shape index (κ1) is 15.2. The number of hydrogen-bond donors (Lipinski definition) is 1. The van der Waals surface area contributed by atoms with E-state index in [0.29, 0.717) is 5.75 Å². The van der Waals surface area contributed by atoms with Crippen molar-refractivity contribution < 1.29 is 9.47 Å². The number of rotatable bonds is 4. The van der Waals surface area contributed by atoms with Crippen molar-refractivity contribution in [2.45, 2.75) is 6.92 Å². The Kier molecular flexibility index (Phi) is 3.74. The Morgan fingerprint density at radius 1 is 0.958 bits per heavy atom. The number of benzene rings is 2. The van der Waals surface area contributed by atoms with E-state index in [-0.39, 0.29) is 0 Å². The molecule has 2 aromatic carbocycles. The van der Waals surface area contributed by atoms with Crippen LogP contribution in [-0.2, 0) is 0 Å². The zero-order chi connectivity index (χ0) is 16.7. The predicted octanol–water partition coefficient (Wildman–Crippen LogP) is 4.98. The molecule has 0 aliphatic rings. The number of aromatic nitrogens is 2. The fraction of sp³-hybridized carbons (Fsp3) is 0.176. The number of nitrogens with zero attached hydrogens (tertiary/aromatic N) is 2. The van der Waals surface area contributed by atoms with E-state index in [1.165, 1.54) is 0 Å². The van der Waals surface area contributed by atoms with Crippen LogP contribution in [-0.4, -0.2) is 24.2 Å². The van der Waals surface area contributed by atoms with E-state index in [1.807, 2.05) is 31.2 Å². The first-order valence-electron chi connectivity index (χ1n) is 7.33. The Morgan fingerprint density at radius 2 is 1.83 bits per heavy atom. The van der Waals surface area contributed by atoms with Gasteiger partial charge in [-0.2, -0.15) is 0 Å². The predicted molar refractivity (Wildman–Crippen MR) is 100 cm³/mol. The number of methoxy groups -OCH3 is 2. The van der Waals surface area contributed by atoms with E-state index < -0.39 is 0 Å². The van der Waals surface area contributed by atoms with Crippen LogP contribution in [0.15, 0.2) is 30.3 Å². The van der Waals surface area contributed by atoms with Gasteiger partial charge in [-0.25, -0.2) is 9.97 Å². The van der Waals surface area contributed by atoms with Crippen molar-refractivity contribution in [3.05, 3.63) is 35.3 Å². The van der Waals surface area contributed by atoms with E-state index >= 15 is 0 Å². The van der Waals surface area contributed by atoms with Crippen LogP contribution in [0.4, 0.5) is 10.8 Å². The molecule has 0 unspecified atom stereocenters. The minimum Gasteiger partial charge on any atom is -0.497 e. The average Bonchev–Trinajstić information content (AvgIpc) is 3.14. The summed E-state index contributed by atoms with van der Waals surface area (Å²) in [6, 6.07) is 9.96. The third-order valence-electron chi connectivity index (χ3n) is 3.64. The van der Waals surface area contributed by atoms with Gasteiger partial charge >= 0.3 is 0 Å². The molecule has 24 heavy (non-hydrogen) atoms. The lowest BCUT2D eigenvalue weighted by molar-refractivity contribution is 0.397. The second kappa shape index (κ2) is 5.92. The first-order valence-corrected chi connectivity index (χ1v) is 8.96. The molecular formula is C17H15N3O2S2. The summed E-state index contributed by atoms with van der Waals surface area (Å²) in [7, 11) is 3.29. The maximum Gasteiger partial charge on any atom is 0.188 e. The molecule has 122 valence electrons. The summed E-state index contributed by atoms with van der Waals surface area (Å²) in [5.74, 6) is 1.47. The summed E-state index contributed by atoms with van der Waals surface area (Å²) in [6.07, 6.45) is 0. The molecular weight excluding hydrogens is 342 g/mol. The van der Waals surface area contributed by atoms with Gasteiger partial charge in [-0.15, -0.1) is 11.3 Å². The smallest absolute Gasteiger partial charge is 0.188 e. The van der Waals surface area contributed by atoms with E-state index in [2.05, 4.69) is 21.4 Å². The summed E-state index contributed by atoms with van der Waals surface area (Å²) in [5, 5.41) is 5.26. The number of ether oxygens (including phenoxy) is 2. The standard InChI is InChI=1S/C17H15N3O2S2/c1-9-18-12-5-4-10(6-14(12)23-9)19-17-20-16-13(22-3)7-11(21-2)8-15(16)24-17/h4-8H,1-3H3,(H,19,20). The molecule has 4 aromatic rings. The SMILES string of the molecule is COc1cc(OC)c2nc(Nc3ccc4nc(C)sc4c3)sc2c1. The van der Waals surface area contributed by atoms with Crippen molar-refractivity contribution in [3.8, 4) is 11.5 Å². The van der Waals surface area contributed by atoms with Crippen LogP contribution in [0, 0.1) is 6.92 Å². The minimum absolute atomic E-state index is 0.710. The summed E-state index contributed by atoms with van der Waals surface area (Å²) in [5.41, 5.74) is 2.86. The molecule has 2 heterocycles. The van der Waals surface area contributed by atoms with Gasteiger partial charge in [0.15, 0.2) is 5.13 Å². The molecule has 1 N–H and O–H groups in total. The Bertz CT molecular complexity index is 1040. The average molecular weight is 357 g/mol. The summed E-state index contributed by atoms with van der Waals surface area (Å²) >= 11 is 3.26. The first-order chi connectivity index (χ1) is 11.7. The fourth-order valence-corrected chi connectivity index (χ4v) is 4.34. The van der Waals surface area contributed by atoms with Gasteiger partial charge in [-0.3, -0.25) is 0 Å².